The van der Waals surface area contributed by atoms with E-state index >= 15 is 0 Å². The molecule has 21 heavy (non-hydrogen) atoms. The molecule has 0 aliphatic carbocycles. The van der Waals surface area contributed by atoms with E-state index in [-0.39, 0.29) is 0 Å². The van der Waals surface area contributed by atoms with Crippen molar-refractivity contribution >= 4 is 0 Å². The van der Waals surface area contributed by atoms with Crippen molar-refractivity contribution < 1.29 is 4.74 Å². The fourth-order valence-corrected chi connectivity index (χ4v) is 2.21. The molecule has 0 radical (unpaired) electrons. The molecule has 0 saturated heterocycles. The first-order valence-electron chi connectivity index (χ1n) is 7.67. The Hall–Kier alpha value is -1.65. The van der Waals surface area contributed by atoms with Crippen molar-refractivity contribution in [2.24, 2.45) is 0 Å². The Kier molecular flexibility index (Phi) is 6.98. The average Bonchev–Trinajstić information content (AvgIpc) is 3.00. The van der Waals surface area contributed by atoms with Crippen LogP contribution in [0.4, 0.5) is 0 Å². The van der Waals surface area contributed by atoms with Gasteiger partial charge in [0, 0.05) is 25.0 Å². The predicted molar refractivity (Wildman–Crippen MR) is 85.3 cm³/mol. The summed E-state index contributed by atoms with van der Waals surface area (Å²) in [5, 5.41) is 7.69. The van der Waals surface area contributed by atoms with E-state index in [9.17, 15) is 0 Å². The minimum Gasteiger partial charge on any atom is -0.381 e. The van der Waals surface area contributed by atoms with Gasteiger partial charge in [0.15, 0.2) is 0 Å². The number of hydrogen-bond acceptors (Lipinski definition) is 3. The lowest BCUT2D eigenvalue weighted by Crippen LogP contribution is -2.31. The fourth-order valence-electron chi connectivity index (χ4n) is 2.21. The maximum absolute atomic E-state index is 5.67. The van der Waals surface area contributed by atoms with Crippen LogP contribution < -0.4 is 5.32 Å². The Morgan fingerprint density at radius 3 is 2.81 bits per heavy atom. The molecule has 114 valence electrons. The third kappa shape index (κ3) is 6.56. The van der Waals surface area contributed by atoms with Gasteiger partial charge in [-0.15, -0.1) is 0 Å². The average molecular weight is 287 g/mol. The molecule has 0 fully saturated rings. The Labute approximate surface area is 127 Å². The molecule has 1 N–H and O–H groups in total. The lowest BCUT2D eigenvalue weighted by molar-refractivity contribution is 0.134. The van der Waals surface area contributed by atoms with Crippen molar-refractivity contribution in [3.05, 3.63) is 54.4 Å². The second kappa shape index (κ2) is 9.32. The molecule has 2 aromatic rings. The maximum Gasteiger partial charge on any atom is 0.0559 e. The predicted octanol–water partition coefficient (Wildman–Crippen LogP) is 2.51. The Bertz CT molecular complexity index is 470. The Balaban J connectivity index is 1.45. The molecule has 0 aliphatic rings. The van der Waals surface area contributed by atoms with Gasteiger partial charge in [-0.3, -0.25) is 4.68 Å². The van der Waals surface area contributed by atoms with Gasteiger partial charge >= 0.3 is 0 Å². The summed E-state index contributed by atoms with van der Waals surface area (Å²) in [5.41, 5.74) is 1.34. The van der Waals surface area contributed by atoms with E-state index in [2.05, 4.69) is 41.6 Å². The summed E-state index contributed by atoms with van der Waals surface area (Å²) >= 11 is 0. The van der Waals surface area contributed by atoms with Crippen molar-refractivity contribution in [3.8, 4) is 0 Å². The van der Waals surface area contributed by atoms with Crippen LogP contribution in [-0.4, -0.2) is 35.6 Å². The number of nitrogens with zero attached hydrogens (tertiary/aromatic N) is 2. The number of ether oxygens (including phenoxy) is 1. The Morgan fingerprint density at radius 1 is 1.19 bits per heavy atom. The molecular weight excluding hydrogens is 262 g/mol. The van der Waals surface area contributed by atoms with E-state index < -0.39 is 0 Å². The van der Waals surface area contributed by atoms with Crippen LogP contribution in [0, 0.1) is 0 Å². The van der Waals surface area contributed by atoms with E-state index in [0.717, 1.165) is 39.1 Å². The second-order valence-electron chi connectivity index (χ2n) is 5.28. The molecule has 0 spiro atoms. The summed E-state index contributed by atoms with van der Waals surface area (Å²) in [5.74, 6) is 0. The quantitative estimate of drug-likeness (QED) is 0.682. The van der Waals surface area contributed by atoms with E-state index in [1.54, 1.807) is 0 Å². The molecule has 4 nitrogen and oxygen atoms in total. The first kappa shape index (κ1) is 15.7. The monoisotopic (exact) mass is 287 g/mol. The highest BCUT2D eigenvalue weighted by Crippen LogP contribution is 1.99. The first-order valence-corrected chi connectivity index (χ1v) is 7.67. The third-order valence-electron chi connectivity index (χ3n) is 3.36. The number of nitrogens with one attached hydrogen (secondary N) is 1. The first-order chi connectivity index (χ1) is 10.3. The molecule has 2 rings (SSSR count). The Morgan fingerprint density at radius 2 is 2.05 bits per heavy atom. The van der Waals surface area contributed by atoms with Crippen LogP contribution in [0.15, 0.2) is 48.8 Å². The number of rotatable bonds is 10. The smallest absolute Gasteiger partial charge is 0.0559 e. The van der Waals surface area contributed by atoms with E-state index in [4.69, 9.17) is 4.74 Å². The van der Waals surface area contributed by atoms with E-state index in [0.29, 0.717) is 6.04 Å². The molecule has 4 heteroatoms. The van der Waals surface area contributed by atoms with Crippen LogP contribution in [0.2, 0.25) is 0 Å². The molecule has 1 atom stereocenters. The topological polar surface area (TPSA) is 39.1 Å². The SMILES string of the molecule is CC(Cn1cccn1)NCCCOCCc1ccccc1. The highest BCUT2D eigenvalue weighted by atomic mass is 16.5. The maximum atomic E-state index is 5.67. The standard InChI is InChI=1S/C17H25N3O/c1-16(15-20-12-5-11-19-20)18-10-6-13-21-14-9-17-7-3-2-4-8-17/h2-5,7-8,11-12,16,18H,6,9-10,13-15H2,1H3. The molecule has 1 heterocycles. The van der Waals surface area contributed by atoms with Crippen molar-refractivity contribution in [2.45, 2.75) is 32.4 Å². The largest absolute Gasteiger partial charge is 0.381 e. The van der Waals surface area contributed by atoms with Crippen LogP contribution >= 0.6 is 0 Å². The lowest BCUT2D eigenvalue weighted by atomic mass is 10.2. The summed E-state index contributed by atoms with van der Waals surface area (Å²) < 4.78 is 7.62. The van der Waals surface area contributed by atoms with Crippen molar-refractivity contribution in [3.63, 3.8) is 0 Å². The molecular formula is C17H25N3O. The summed E-state index contributed by atoms with van der Waals surface area (Å²) in [6, 6.07) is 12.8. The summed E-state index contributed by atoms with van der Waals surface area (Å²) in [4.78, 5) is 0. The van der Waals surface area contributed by atoms with Crippen LogP contribution in [0.1, 0.15) is 18.9 Å². The minimum absolute atomic E-state index is 0.425. The van der Waals surface area contributed by atoms with Gasteiger partial charge < -0.3 is 10.1 Å². The van der Waals surface area contributed by atoms with Gasteiger partial charge in [0.1, 0.15) is 0 Å². The van der Waals surface area contributed by atoms with Crippen molar-refractivity contribution in [2.75, 3.05) is 19.8 Å². The molecule has 1 aromatic heterocycles. The molecule has 0 amide bonds. The van der Waals surface area contributed by atoms with Gasteiger partial charge in [0.25, 0.3) is 0 Å². The highest BCUT2D eigenvalue weighted by Gasteiger charge is 2.01. The molecule has 0 saturated carbocycles. The van der Waals surface area contributed by atoms with Gasteiger partial charge in [0.05, 0.1) is 13.2 Å². The highest BCUT2D eigenvalue weighted by molar-refractivity contribution is 5.14. The lowest BCUT2D eigenvalue weighted by Gasteiger charge is -2.13. The van der Waals surface area contributed by atoms with Gasteiger partial charge in [-0.1, -0.05) is 30.3 Å². The molecule has 1 unspecified atom stereocenters. The molecule has 1 aromatic carbocycles. The van der Waals surface area contributed by atoms with E-state index in [1.165, 1.54) is 5.56 Å². The second-order valence-corrected chi connectivity index (χ2v) is 5.28. The van der Waals surface area contributed by atoms with Crippen LogP contribution in [0.5, 0.6) is 0 Å². The molecule has 0 bridgehead atoms. The summed E-state index contributed by atoms with van der Waals surface area (Å²) in [6.45, 7) is 5.68. The molecule has 0 aliphatic heterocycles. The minimum atomic E-state index is 0.425. The zero-order chi connectivity index (χ0) is 14.8. The fraction of sp³-hybridized carbons (Fsp3) is 0.471. The number of hydrogen-bond donors (Lipinski definition) is 1. The zero-order valence-corrected chi connectivity index (χ0v) is 12.7. The zero-order valence-electron chi connectivity index (χ0n) is 12.7. The van der Waals surface area contributed by atoms with Crippen LogP contribution in [0.25, 0.3) is 0 Å². The third-order valence-corrected chi connectivity index (χ3v) is 3.36. The van der Waals surface area contributed by atoms with E-state index in [1.807, 2.05) is 29.2 Å². The summed E-state index contributed by atoms with van der Waals surface area (Å²) in [6.07, 6.45) is 5.83. The number of benzene rings is 1. The number of aromatic nitrogens is 2. The van der Waals surface area contributed by atoms with Gasteiger partial charge in [-0.25, -0.2) is 0 Å². The van der Waals surface area contributed by atoms with Gasteiger partial charge in [-0.05, 0) is 37.9 Å². The van der Waals surface area contributed by atoms with Gasteiger partial charge in [-0.2, -0.15) is 5.10 Å². The normalized spacial score (nSPS) is 12.4. The van der Waals surface area contributed by atoms with Crippen molar-refractivity contribution in [1.29, 1.82) is 0 Å². The van der Waals surface area contributed by atoms with Crippen LogP contribution in [0.3, 0.4) is 0 Å². The van der Waals surface area contributed by atoms with Crippen molar-refractivity contribution in [1.82, 2.24) is 15.1 Å². The van der Waals surface area contributed by atoms with Crippen LogP contribution in [-0.2, 0) is 17.7 Å². The van der Waals surface area contributed by atoms with Gasteiger partial charge in [0.2, 0.25) is 0 Å². The summed E-state index contributed by atoms with van der Waals surface area (Å²) in [7, 11) is 0.